The van der Waals surface area contributed by atoms with Gasteiger partial charge in [0.1, 0.15) is 6.54 Å². The van der Waals surface area contributed by atoms with Crippen LogP contribution >= 0.6 is 0 Å². The molecule has 2 saturated heterocycles. The van der Waals surface area contributed by atoms with Crippen molar-refractivity contribution in [3.05, 3.63) is 0 Å². The van der Waals surface area contributed by atoms with Gasteiger partial charge in [0.2, 0.25) is 5.91 Å². The van der Waals surface area contributed by atoms with Crippen molar-refractivity contribution in [2.75, 3.05) is 59.9 Å². The molecule has 2 heterocycles. The van der Waals surface area contributed by atoms with E-state index in [1.165, 1.54) is 38.9 Å². The summed E-state index contributed by atoms with van der Waals surface area (Å²) in [7, 11) is 3.54. The van der Waals surface area contributed by atoms with Gasteiger partial charge in [0, 0.05) is 40.3 Å². The molecular weight excluding hydrogens is 278 g/mol. The van der Waals surface area contributed by atoms with Gasteiger partial charge in [0.25, 0.3) is 0 Å². The molecule has 1 atom stereocenters. The maximum Gasteiger partial charge on any atom is 0.243 e. The lowest BCUT2D eigenvalue weighted by molar-refractivity contribution is -0.127. The van der Waals surface area contributed by atoms with E-state index in [4.69, 9.17) is 0 Å². The van der Waals surface area contributed by atoms with E-state index in [1.807, 2.05) is 0 Å². The molecule has 1 N–H and O–H groups in total. The van der Waals surface area contributed by atoms with Gasteiger partial charge in [-0.3, -0.25) is 4.79 Å². The van der Waals surface area contributed by atoms with Crippen LogP contribution in [0.2, 0.25) is 0 Å². The number of nitrogens with one attached hydrogen (secondary N) is 1. The molecule has 0 saturated carbocycles. The molecule has 0 aromatic rings. The minimum absolute atomic E-state index is 0.0446. The van der Waals surface area contributed by atoms with Crippen molar-refractivity contribution in [3.8, 4) is 0 Å². The topological polar surface area (TPSA) is 51.2 Å². The van der Waals surface area contributed by atoms with Crippen molar-refractivity contribution in [2.24, 2.45) is 10.9 Å². The zero-order valence-corrected chi connectivity index (χ0v) is 14.3. The second kappa shape index (κ2) is 8.36. The summed E-state index contributed by atoms with van der Waals surface area (Å²) in [6, 6.07) is 0. The molecule has 0 radical (unpaired) electrons. The number of carbonyl (C=O) groups is 1. The highest BCUT2D eigenvalue weighted by atomic mass is 16.2. The lowest BCUT2D eigenvalue weighted by Crippen LogP contribution is -2.41. The quantitative estimate of drug-likeness (QED) is 0.592. The summed E-state index contributed by atoms with van der Waals surface area (Å²) in [6.45, 7) is 8.97. The number of amides is 1. The maximum absolute atomic E-state index is 11.7. The molecule has 2 fully saturated rings. The monoisotopic (exact) mass is 309 g/mol. The van der Waals surface area contributed by atoms with Crippen LogP contribution in [0.1, 0.15) is 26.2 Å². The molecule has 6 nitrogen and oxygen atoms in total. The maximum atomic E-state index is 11.7. The van der Waals surface area contributed by atoms with Crippen molar-refractivity contribution in [3.63, 3.8) is 0 Å². The first kappa shape index (κ1) is 17.1. The van der Waals surface area contributed by atoms with Crippen molar-refractivity contribution in [1.29, 1.82) is 0 Å². The first-order valence-corrected chi connectivity index (χ1v) is 8.56. The first-order valence-electron chi connectivity index (χ1n) is 8.56. The molecule has 0 aliphatic carbocycles. The van der Waals surface area contributed by atoms with Gasteiger partial charge < -0.3 is 20.0 Å². The predicted molar refractivity (Wildman–Crippen MR) is 90.0 cm³/mol. The molecule has 0 aromatic carbocycles. The SMILES string of the molecule is CCNC(=NCC(=O)N(C)C)N1CCC(CN2CCCC2)C1. The standard InChI is InChI=1S/C16H31N5O/c1-4-17-16(18-11-15(22)19(2)3)21-10-7-14(13-21)12-20-8-5-6-9-20/h14H,4-13H2,1-3H3,(H,17,18). The summed E-state index contributed by atoms with van der Waals surface area (Å²) in [5, 5.41) is 3.32. The number of nitrogens with zero attached hydrogens (tertiary/aromatic N) is 4. The number of aliphatic imine (C=N–C) groups is 1. The largest absolute Gasteiger partial charge is 0.357 e. The van der Waals surface area contributed by atoms with Crippen LogP contribution in [0.25, 0.3) is 0 Å². The van der Waals surface area contributed by atoms with E-state index in [9.17, 15) is 4.79 Å². The molecule has 0 bridgehead atoms. The second-order valence-electron chi connectivity index (χ2n) is 6.57. The summed E-state index contributed by atoms with van der Waals surface area (Å²) in [4.78, 5) is 22.7. The highest BCUT2D eigenvalue weighted by Crippen LogP contribution is 2.19. The van der Waals surface area contributed by atoms with Gasteiger partial charge in [-0.25, -0.2) is 4.99 Å². The van der Waals surface area contributed by atoms with Gasteiger partial charge in [-0.15, -0.1) is 0 Å². The Bertz CT molecular complexity index is 390. The van der Waals surface area contributed by atoms with E-state index in [0.717, 1.165) is 31.5 Å². The molecule has 126 valence electrons. The van der Waals surface area contributed by atoms with E-state index >= 15 is 0 Å². The molecular formula is C16H31N5O. The van der Waals surface area contributed by atoms with Gasteiger partial charge in [-0.05, 0) is 45.2 Å². The average molecular weight is 309 g/mol. The van der Waals surface area contributed by atoms with Gasteiger partial charge in [-0.2, -0.15) is 0 Å². The number of likely N-dealkylation sites (N-methyl/N-ethyl adjacent to an activating group) is 1. The van der Waals surface area contributed by atoms with Gasteiger partial charge >= 0.3 is 0 Å². The Morgan fingerprint density at radius 3 is 2.64 bits per heavy atom. The van der Waals surface area contributed by atoms with E-state index in [1.54, 1.807) is 19.0 Å². The minimum atomic E-state index is 0.0446. The number of carbonyl (C=O) groups excluding carboxylic acids is 1. The zero-order valence-electron chi connectivity index (χ0n) is 14.3. The molecule has 2 aliphatic rings. The van der Waals surface area contributed by atoms with Gasteiger partial charge in [0.15, 0.2) is 5.96 Å². The number of rotatable bonds is 5. The molecule has 2 rings (SSSR count). The Morgan fingerprint density at radius 2 is 2.00 bits per heavy atom. The third kappa shape index (κ3) is 4.87. The summed E-state index contributed by atoms with van der Waals surface area (Å²) in [5.74, 6) is 1.66. The summed E-state index contributed by atoms with van der Waals surface area (Å²) < 4.78 is 0. The number of hydrogen-bond acceptors (Lipinski definition) is 3. The lowest BCUT2D eigenvalue weighted by Gasteiger charge is -2.23. The van der Waals surface area contributed by atoms with E-state index in [-0.39, 0.29) is 12.5 Å². The Labute approximate surface area is 134 Å². The highest BCUT2D eigenvalue weighted by Gasteiger charge is 2.27. The molecule has 0 aromatic heterocycles. The minimum Gasteiger partial charge on any atom is -0.357 e. The average Bonchev–Trinajstić information content (AvgIpc) is 3.15. The Balaban J connectivity index is 1.86. The van der Waals surface area contributed by atoms with Crippen molar-refractivity contribution < 1.29 is 4.79 Å². The van der Waals surface area contributed by atoms with Crippen LogP contribution in [-0.4, -0.2) is 86.5 Å². The highest BCUT2D eigenvalue weighted by molar-refractivity contribution is 5.85. The third-order valence-electron chi connectivity index (χ3n) is 4.50. The third-order valence-corrected chi connectivity index (χ3v) is 4.50. The second-order valence-corrected chi connectivity index (χ2v) is 6.57. The van der Waals surface area contributed by atoms with Crippen molar-refractivity contribution >= 4 is 11.9 Å². The normalized spacial score (nSPS) is 23.1. The lowest BCUT2D eigenvalue weighted by atomic mass is 10.1. The molecule has 6 heteroatoms. The molecule has 2 aliphatic heterocycles. The summed E-state index contributed by atoms with van der Waals surface area (Å²) in [5.41, 5.74) is 0. The van der Waals surface area contributed by atoms with Crippen molar-refractivity contribution in [2.45, 2.75) is 26.2 Å². The number of likely N-dealkylation sites (tertiary alicyclic amines) is 2. The summed E-state index contributed by atoms with van der Waals surface area (Å²) in [6.07, 6.45) is 3.93. The molecule has 1 amide bonds. The van der Waals surface area contributed by atoms with Crippen LogP contribution in [-0.2, 0) is 4.79 Å². The zero-order chi connectivity index (χ0) is 15.9. The molecule has 22 heavy (non-hydrogen) atoms. The Morgan fingerprint density at radius 1 is 1.27 bits per heavy atom. The number of guanidine groups is 1. The fourth-order valence-corrected chi connectivity index (χ4v) is 3.21. The van der Waals surface area contributed by atoms with Gasteiger partial charge in [-0.1, -0.05) is 0 Å². The van der Waals surface area contributed by atoms with Crippen LogP contribution in [0.3, 0.4) is 0 Å². The van der Waals surface area contributed by atoms with Crippen LogP contribution in [0.15, 0.2) is 4.99 Å². The smallest absolute Gasteiger partial charge is 0.243 e. The van der Waals surface area contributed by atoms with Crippen LogP contribution in [0, 0.1) is 5.92 Å². The fraction of sp³-hybridized carbons (Fsp3) is 0.875. The van der Waals surface area contributed by atoms with E-state index < -0.39 is 0 Å². The predicted octanol–water partition coefficient (Wildman–Crippen LogP) is 0.458. The van der Waals surface area contributed by atoms with Crippen molar-refractivity contribution in [1.82, 2.24) is 20.0 Å². The first-order chi connectivity index (χ1) is 10.6. The Kier molecular flexibility index (Phi) is 6.49. The Hall–Kier alpha value is -1.30. The number of hydrogen-bond donors (Lipinski definition) is 1. The van der Waals surface area contributed by atoms with Crippen LogP contribution < -0.4 is 5.32 Å². The van der Waals surface area contributed by atoms with Crippen LogP contribution in [0.4, 0.5) is 0 Å². The summed E-state index contributed by atoms with van der Waals surface area (Å²) >= 11 is 0. The fourth-order valence-electron chi connectivity index (χ4n) is 3.21. The molecule has 0 spiro atoms. The van der Waals surface area contributed by atoms with Gasteiger partial charge in [0.05, 0.1) is 0 Å². The van der Waals surface area contributed by atoms with Crippen LogP contribution in [0.5, 0.6) is 0 Å². The van der Waals surface area contributed by atoms with E-state index in [0.29, 0.717) is 0 Å². The van der Waals surface area contributed by atoms with E-state index in [2.05, 4.69) is 27.0 Å². The molecule has 1 unspecified atom stereocenters.